The van der Waals surface area contributed by atoms with E-state index >= 15 is 0 Å². The average Bonchev–Trinajstić information content (AvgIpc) is 3.19. The van der Waals surface area contributed by atoms with Gasteiger partial charge in [-0.3, -0.25) is 9.36 Å². The number of aromatic nitrogens is 3. The maximum atomic E-state index is 12.4. The largest absolute Gasteiger partial charge is 0.497 e. The fourth-order valence-electron chi connectivity index (χ4n) is 3.87. The first-order valence-corrected chi connectivity index (χ1v) is 11.4. The predicted octanol–water partition coefficient (Wildman–Crippen LogP) is 4.17. The van der Waals surface area contributed by atoms with Crippen LogP contribution < -0.4 is 4.74 Å². The van der Waals surface area contributed by atoms with Crippen LogP contribution >= 0.6 is 11.8 Å². The van der Waals surface area contributed by atoms with Crippen molar-refractivity contribution in [3.05, 3.63) is 24.3 Å². The molecule has 1 aliphatic rings. The summed E-state index contributed by atoms with van der Waals surface area (Å²) in [6, 6.07) is 10.3. The van der Waals surface area contributed by atoms with Crippen molar-refractivity contribution in [2.75, 3.05) is 26.5 Å². The molecule has 1 aromatic carbocycles. The first-order chi connectivity index (χ1) is 14.5. The van der Waals surface area contributed by atoms with Crippen LogP contribution in [0.25, 0.3) is 11.4 Å². The Morgan fingerprint density at radius 1 is 1.30 bits per heavy atom. The summed E-state index contributed by atoms with van der Waals surface area (Å²) in [5.41, 5.74) is 0.991. The van der Waals surface area contributed by atoms with Gasteiger partial charge in [0.1, 0.15) is 5.75 Å². The van der Waals surface area contributed by atoms with E-state index in [1.165, 1.54) is 31.0 Å². The van der Waals surface area contributed by atoms with Crippen molar-refractivity contribution in [3.8, 4) is 23.2 Å². The molecule has 1 heterocycles. The first kappa shape index (κ1) is 22.2. The molecule has 0 radical (unpaired) electrons. The Balaban J connectivity index is 1.86. The van der Waals surface area contributed by atoms with E-state index in [1.807, 2.05) is 24.3 Å². The van der Waals surface area contributed by atoms with Gasteiger partial charge in [-0.05, 0) is 43.0 Å². The quantitative estimate of drug-likeness (QED) is 0.588. The Hall–Kier alpha value is -2.53. The normalized spacial score (nSPS) is 18.6. The van der Waals surface area contributed by atoms with Gasteiger partial charge < -0.3 is 9.64 Å². The van der Waals surface area contributed by atoms with E-state index in [-0.39, 0.29) is 11.7 Å². The smallest absolute Gasteiger partial charge is 0.232 e. The van der Waals surface area contributed by atoms with Gasteiger partial charge in [0.05, 0.1) is 25.4 Å². The number of hydrogen-bond acceptors (Lipinski definition) is 6. The van der Waals surface area contributed by atoms with Crippen molar-refractivity contribution < 1.29 is 9.53 Å². The van der Waals surface area contributed by atoms with Gasteiger partial charge in [0, 0.05) is 25.2 Å². The molecule has 1 aromatic heterocycles. The van der Waals surface area contributed by atoms with Gasteiger partial charge in [0.2, 0.25) is 5.91 Å². The van der Waals surface area contributed by atoms with Gasteiger partial charge >= 0.3 is 0 Å². The molecule has 0 N–H and O–H groups in total. The van der Waals surface area contributed by atoms with Crippen molar-refractivity contribution in [2.45, 2.75) is 50.2 Å². The van der Waals surface area contributed by atoms with Crippen LogP contribution in [0.5, 0.6) is 5.75 Å². The van der Waals surface area contributed by atoms with Gasteiger partial charge in [-0.15, -0.1) is 10.2 Å². The van der Waals surface area contributed by atoms with E-state index in [2.05, 4.69) is 27.8 Å². The molecule has 0 unspecified atom stereocenters. The Bertz CT molecular complexity index is 890. The highest BCUT2D eigenvalue weighted by atomic mass is 32.2. The lowest BCUT2D eigenvalue weighted by atomic mass is 9.85. The van der Waals surface area contributed by atoms with Crippen LogP contribution in [0.15, 0.2) is 29.4 Å². The number of nitriles is 1. The highest BCUT2D eigenvalue weighted by Gasteiger charge is 2.29. The molecule has 160 valence electrons. The van der Waals surface area contributed by atoms with Crippen LogP contribution in [-0.2, 0) is 4.79 Å². The van der Waals surface area contributed by atoms with E-state index in [4.69, 9.17) is 10.00 Å². The molecular formula is C22H29N5O2S. The number of hydrogen-bond donors (Lipinski definition) is 0. The monoisotopic (exact) mass is 427 g/mol. The lowest BCUT2D eigenvalue weighted by Crippen LogP contribution is -2.29. The fraction of sp³-hybridized carbons (Fsp3) is 0.545. The molecule has 3 rings (SSSR count). The highest BCUT2D eigenvalue weighted by molar-refractivity contribution is 7.99. The van der Waals surface area contributed by atoms with Crippen molar-refractivity contribution in [1.82, 2.24) is 19.7 Å². The second-order valence-electron chi connectivity index (χ2n) is 7.75. The van der Waals surface area contributed by atoms with E-state index in [1.54, 1.807) is 19.1 Å². The summed E-state index contributed by atoms with van der Waals surface area (Å²) in [5.74, 6) is 2.44. The SMILES string of the molecule is COc1ccc(-c2nnc(SCC(=O)N(C)CCC#N)n2[C@H]2CCCC[C@H]2C)cc1. The number of carbonyl (C=O) groups excluding carboxylic acids is 1. The summed E-state index contributed by atoms with van der Waals surface area (Å²) in [7, 11) is 3.39. The lowest BCUT2D eigenvalue weighted by molar-refractivity contribution is -0.127. The Labute approximate surface area is 182 Å². The summed E-state index contributed by atoms with van der Waals surface area (Å²) in [5, 5.41) is 18.5. The molecule has 7 nitrogen and oxygen atoms in total. The Morgan fingerprint density at radius 3 is 2.70 bits per heavy atom. The second kappa shape index (κ2) is 10.5. The molecule has 2 aromatic rings. The average molecular weight is 428 g/mol. The van der Waals surface area contributed by atoms with Crippen molar-refractivity contribution in [2.24, 2.45) is 5.92 Å². The van der Waals surface area contributed by atoms with Crippen molar-refractivity contribution in [1.29, 1.82) is 5.26 Å². The van der Waals surface area contributed by atoms with Gasteiger partial charge in [0.15, 0.2) is 11.0 Å². The number of rotatable bonds is 8. The summed E-state index contributed by atoms with van der Waals surface area (Å²) in [6.07, 6.45) is 5.05. The molecule has 0 spiro atoms. The van der Waals surface area contributed by atoms with Crippen LogP contribution in [0.3, 0.4) is 0 Å². The summed E-state index contributed by atoms with van der Waals surface area (Å²) < 4.78 is 7.51. The maximum absolute atomic E-state index is 12.4. The molecule has 1 saturated carbocycles. The van der Waals surface area contributed by atoms with Gasteiger partial charge in [-0.2, -0.15) is 5.26 Å². The van der Waals surface area contributed by atoms with Crippen LogP contribution in [0.2, 0.25) is 0 Å². The highest BCUT2D eigenvalue weighted by Crippen LogP contribution is 2.39. The molecule has 0 aliphatic heterocycles. The Kier molecular flexibility index (Phi) is 7.75. The third-order valence-corrected chi connectivity index (χ3v) is 6.65. The van der Waals surface area contributed by atoms with Crippen LogP contribution in [-0.4, -0.2) is 52.0 Å². The number of methoxy groups -OCH3 is 1. The van der Waals surface area contributed by atoms with E-state index in [9.17, 15) is 4.79 Å². The second-order valence-corrected chi connectivity index (χ2v) is 8.69. The number of ether oxygens (including phenoxy) is 1. The molecule has 8 heteroatoms. The van der Waals surface area contributed by atoms with Crippen molar-refractivity contribution >= 4 is 17.7 Å². The van der Waals surface area contributed by atoms with Gasteiger partial charge in [-0.25, -0.2) is 0 Å². The molecular weight excluding hydrogens is 398 g/mol. The molecule has 1 fully saturated rings. The topological polar surface area (TPSA) is 84.0 Å². The molecule has 2 atom stereocenters. The van der Waals surface area contributed by atoms with Gasteiger partial charge in [0.25, 0.3) is 0 Å². The zero-order valence-corrected chi connectivity index (χ0v) is 18.7. The standard InChI is InChI=1S/C22H29N5O2S/c1-16-7-4-5-8-19(16)27-21(17-9-11-18(29-3)12-10-17)24-25-22(27)30-15-20(28)26(2)14-6-13-23/h9-12,16,19H,4-8,14-15H2,1-3H3/t16-,19+/m1/s1. The number of amides is 1. The maximum Gasteiger partial charge on any atom is 0.232 e. The summed E-state index contributed by atoms with van der Waals surface area (Å²) >= 11 is 1.43. The minimum atomic E-state index is -0.00695. The van der Waals surface area contributed by atoms with Gasteiger partial charge in [-0.1, -0.05) is 31.5 Å². The summed E-state index contributed by atoms with van der Waals surface area (Å²) in [6.45, 7) is 2.73. The van der Waals surface area contributed by atoms with Crippen molar-refractivity contribution in [3.63, 3.8) is 0 Å². The minimum absolute atomic E-state index is 0.00695. The lowest BCUT2D eigenvalue weighted by Gasteiger charge is -2.31. The molecule has 1 amide bonds. The van der Waals surface area contributed by atoms with E-state index in [0.29, 0.717) is 24.9 Å². The predicted molar refractivity (Wildman–Crippen MR) is 117 cm³/mol. The van der Waals surface area contributed by atoms with Crippen LogP contribution in [0, 0.1) is 17.2 Å². The zero-order chi connectivity index (χ0) is 21.5. The first-order valence-electron chi connectivity index (χ1n) is 10.4. The van der Waals surface area contributed by atoms with Crippen LogP contribution in [0.4, 0.5) is 0 Å². The summed E-state index contributed by atoms with van der Waals surface area (Å²) in [4.78, 5) is 14.0. The number of nitrogens with zero attached hydrogens (tertiary/aromatic N) is 5. The molecule has 30 heavy (non-hydrogen) atoms. The van der Waals surface area contributed by atoms with E-state index in [0.717, 1.165) is 28.7 Å². The molecule has 0 saturated heterocycles. The number of carbonyl (C=O) groups is 1. The third-order valence-electron chi connectivity index (χ3n) is 5.72. The third kappa shape index (κ3) is 5.14. The zero-order valence-electron chi connectivity index (χ0n) is 17.9. The molecule has 0 bridgehead atoms. The van der Waals surface area contributed by atoms with Crippen LogP contribution in [0.1, 0.15) is 45.1 Å². The molecule has 1 aliphatic carbocycles. The minimum Gasteiger partial charge on any atom is -0.497 e. The number of benzene rings is 1. The number of thioether (sulfide) groups is 1. The Morgan fingerprint density at radius 2 is 2.03 bits per heavy atom. The fourth-order valence-corrected chi connectivity index (χ4v) is 4.80. The van der Waals surface area contributed by atoms with E-state index < -0.39 is 0 Å².